The highest BCUT2D eigenvalue weighted by molar-refractivity contribution is 5.34. The first-order chi connectivity index (χ1) is 8.12. The van der Waals surface area contributed by atoms with E-state index >= 15 is 0 Å². The van der Waals surface area contributed by atoms with Crippen LogP contribution in [0.1, 0.15) is 50.3 Å². The fourth-order valence-corrected chi connectivity index (χ4v) is 2.74. The Bertz CT molecular complexity index is 373. The summed E-state index contributed by atoms with van der Waals surface area (Å²) in [7, 11) is 0. The van der Waals surface area contributed by atoms with Gasteiger partial charge in [-0.3, -0.25) is 0 Å². The monoisotopic (exact) mass is 233 g/mol. The maximum absolute atomic E-state index is 10.2. The number of rotatable bonds is 5. The highest BCUT2D eigenvalue weighted by atomic mass is 16.3. The van der Waals surface area contributed by atoms with Crippen molar-refractivity contribution in [1.82, 2.24) is 5.32 Å². The van der Waals surface area contributed by atoms with E-state index in [-0.39, 0.29) is 0 Å². The molecule has 0 aromatic heterocycles. The fraction of sp³-hybridized carbons (Fsp3) is 0.600. The largest absolute Gasteiger partial charge is 0.389 e. The molecule has 2 atom stereocenters. The standard InChI is InChI=1S/C15H23NO/c1-3-10-15(2,17)11-16-14-9-8-12-6-4-5-7-13(12)14/h4-7,14,16-17H,3,8-11H2,1-2H3. The minimum atomic E-state index is -0.577. The van der Waals surface area contributed by atoms with Crippen LogP contribution >= 0.6 is 0 Å². The van der Waals surface area contributed by atoms with Crippen molar-refractivity contribution in [3.05, 3.63) is 35.4 Å². The molecule has 94 valence electrons. The molecule has 0 aliphatic heterocycles. The normalized spacial score (nSPS) is 22.2. The molecule has 1 aliphatic carbocycles. The first-order valence-corrected chi connectivity index (χ1v) is 6.66. The maximum atomic E-state index is 10.2. The summed E-state index contributed by atoms with van der Waals surface area (Å²) in [5.74, 6) is 0. The van der Waals surface area contributed by atoms with Gasteiger partial charge in [0.15, 0.2) is 0 Å². The van der Waals surface area contributed by atoms with Crippen molar-refractivity contribution in [1.29, 1.82) is 0 Å². The van der Waals surface area contributed by atoms with Gasteiger partial charge < -0.3 is 10.4 Å². The van der Waals surface area contributed by atoms with Crippen LogP contribution in [0.3, 0.4) is 0 Å². The van der Waals surface area contributed by atoms with E-state index in [4.69, 9.17) is 0 Å². The quantitative estimate of drug-likeness (QED) is 0.819. The lowest BCUT2D eigenvalue weighted by atomic mass is 9.99. The Morgan fingerprint density at radius 1 is 1.41 bits per heavy atom. The summed E-state index contributed by atoms with van der Waals surface area (Å²) in [5.41, 5.74) is 2.30. The zero-order chi connectivity index (χ0) is 12.3. The van der Waals surface area contributed by atoms with Crippen LogP contribution in [0.4, 0.5) is 0 Å². The second kappa shape index (κ2) is 5.19. The van der Waals surface area contributed by atoms with Gasteiger partial charge in [-0.1, -0.05) is 37.6 Å². The predicted octanol–water partition coefficient (Wildman–Crippen LogP) is 2.81. The van der Waals surface area contributed by atoms with Gasteiger partial charge in [-0.05, 0) is 37.3 Å². The van der Waals surface area contributed by atoms with E-state index in [1.807, 2.05) is 6.92 Å². The molecular weight excluding hydrogens is 210 g/mol. The highest BCUT2D eigenvalue weighted by Gasteiger charge is 2.25. The van der Waals surface area contributed by atoms with Crippen molar-refractivity contribution in [2.75, 3.05) is 6.54 Å². The van der Waals surface area contributed by atoms with Crippen LogP contribution in [-0.2, 0) is 6.42 Å². The molecule has 1 aliphatic rings. The van der Waals surface area contributed by atoms with Crippen LogP contribution in [0.25, 0.3) is 0 Å². The molecule has 2 rings (SSSR count). The predicted molar refractivity (Wildman–Crippen MR) is 71.0 cm³/mol. The molecule has 0 saturated carbocycles. The van der Waals surface area contributed by atoms with Gasteiger partial charge in [0.05, 0.1) is 5.60 Å². The highest BCUT2D eigenvalue weighted by Crippen LogP contribution is 2.31. The van der Waals surface area contributed by atoms with Crippen molar-refractivity contribution >= 4 is 0 Å². The zero-order valence-corrected chi connectivity index (χ0v) is 10.9. The first-order valence-electron chi connectivity index (χ1n) is 6.66. The maximum Gasteiger partial charge on any atom is 0.0743 e. The summed E-state index contributed by atoms with van der Waals surface area (Å²) >= 11 is 0. The van der Waals surface area contributed by atoms with Crippen LogP contribution in [-0.4, -0.2) is 17.3 Å². The second-order valence-electron chi connectivity index (χ2n) is 5.42. The molecule has 0 saturated heterocycles. The minimum Gasteiger partial charge on any atom is -0.389 e. The van der Waals surface area contributed by atoms with Crippen LogP contribution < -0.4 is 5.32 Å². The molecule has 2 unspecified atom stereocenters. The number of hydrogen-bond donors (Lipinski definition) is 2. The summed E-state index contributed by atoms with van der Waals surface area (Å²) < 4.78 is 0. The van der Waals surface area contributed by atoms with Gasteiger partial charge in [0.25, 0.3) is 0 Å². The smallest absolute Gasteiger partial charge is 0.0743 e. The Balaban J connectivity index is 1.94. The van der Waals surface area contributed by atoms with Gasteiger partial charge in [0.1, 0.15) is 0 Å². The molecule has 0 fully saturated rings. The first kappa shape index (κ1) is 12.6. The van der Waals surface area contributed by atoms with Crippen LogP contribution in [0, 0.1) is 0 Å². The Morgan fingerprint density at radius 2 is 2.18 bits per heavy atom. The third-order valence-electron chi connectivity index (χ3n) is 3.65. The number of aryl methyl sites for hydroxylation is 1. The number of hydrogen-bond acceptors (Lipinski definition) is 2. The molecule has 1 aromatic rings. The second-order valence-corrected chi connectivity index (χ2v) is 5.42. The molecular formula is C15H23NO. The molecule has 0 radical (unpaired) electrons. The Labute approximate surface area is 104 Å². The van der Waals surface area contributed by atoms with E-state index in [9.17, 15) is 5.11 Å². The van der Waals surface area contributed by atoms with Crippen molar-refractivity contribution < 1.29 is 5.11 Å². The minimum absolute atomic E-state index is 0.425. The third-order valence-corrected chi connectivity index (χ3v) is 3.65. The molecule has 2 nitrogen and oxygen atoms in total. The van der Waals surface area contributed by atoms with Crippen LogP contribution in [0.15, 0.2) is 24.3 Å². The topological polar surface area (TPSA) is 32.3 Å². The Hall–Kier alpha value is -0.860. The number of fused-ring (bicyclic) bond motifs is 1. The third kappa shape index (κ3) is 3.08. The Morgan fingerprint density at radius 3 is 2.94 bits per heavy atom. The van der Waals surface area contributed by atoms with Gasteiger partial charge in [0.2, 0.25) is 0 Å². The van der Waals surface area contributed by atoms with E-state index in [1.54, 1.807) is 0 Å². The summed E-state index contributed by atoms with van der Waals surface area (Å²) in [6.45, 7) is 4.71. The van der Waals surface area contributed by atoms with E-state index in [0.717, 1.165) is 25.7 Å². The lowest BCUT2D eigenvalue weighted by Crippen LogP contribution is -2.38. The van der Waals surface area contributed by atoms with Gasteiger partial charge in [-0.2, -0.15) is 0 Å². The molecule has 2 heteroatoms. The van der Waals surface area contributed by atoms with E-state index in [2.05, 4.69) is 36.5 Å². The van der Waals surface area contributed by atoms with Crippen molar-refractivity contribution in [3.63, 3.8) is 0 Å². The van der Waals surface area contributed by atoms with Gasteiger partial charge in [-0.15, -0.1) is 0 Å². The summed E-state index contributed by atoms with van der Waals surface area (Å²) in [4.78, 5) is 0. The summed E-state index contributed by atoms with van der Waals surface area (Å²) in [5, 5.41) is 13.7. The molecule has 1 aromatic carbocycles. The average Bonchev–Trinajstić information content (AvgIpc) is 2.70. The number of nitrogens with one attached hydrogen (secondary N) is 1. The molecule has 17 heavy (non-hydrogen) atoms. The van der Waals surface area contributed by atoms with Crippen molar-refractivity contribution in [2.45, 2.75) is 51.2 Å². The molecule has 2 N–H and O–H groups in total. The van der Waals surface area contributed by atoms with E-state index < -0.39 is 5.60 Å². The molecule has 0 heterocycles. The lowest BCUT2D eigenvalue weighted by molar-refractivity contribution is 0.0471. The van der Waals surface area contributed by atoms with Crippen LogP contribution in [0.5, 0.6) is 0 Å². The Kier molecular flexibility index (Phi) is 3.85. The van der Waals surface area contributed by atoms with Crippen LogP contribution in [0.2, 0.25) is 0 Å². The number of aliphatic hydroxyl groups is 1. The van der Waals surface area contributed by atoms with Gasteiger partial charge in [-0.25, -0.2) is 0 Å². The van der Waals surface area contributed by atoms with E-state index in [0.29, 0.717) is 12.6 Å². The summed E-state index contributed by atoms with van der Waals surface area (Å²) in [6, 6.07) is 9.04. The fourth-order valence-electron chi connectivity index (χ4n) is 2.74. The molecule has 0 amide bonds. The molecule has 0 spiro atoms. The summed E-state index contributed by atoms with van der Waals surface area (Å²) in [6.07, 6.45) is 4.19. The molecule has 0 bridgehead atoms. The van der Waals surface area contributed by atoms with Gasteiger partial charge in [0, 0.05) is 12.6 Å². The van der Waals surface area contributed by atoms with Crippen molar-refractivity contribution in [2.24, 2.45) is 0 Å². The van der Waals surface area contributed by atoms with Crippen molar-refractivity contribution in [3.8, 4) is 0 Å². The lowest BCUT2D eigenvalue weighted by Gasteiger charge is -2.25. The zero-order valence-electron chi connectivity index (χ0n) is 10.9. The SMILES string of the molecule is CCCC(C)(O)CNC1CCc2ccccc21. The van der Waals surface area contributed by atoms with Gasteiger partial charge >= 0.3 is 0 Å². The average molecular weight is 233 g/mol. The van der Waals surface area contributed by atoms with E-state index in [1.165, 1.54) is 11.1 Å². The number of benzene rings is 1.